The minimum Gasteiger partial charge on any atom is -0.436 e. The molecule has 1 aromatic heterocycles. The molecule has 2 aromatic rings. The Labute approximate surface area is 113 Å². The Kier molecular flexibility index (Phi) is 3.93. The first-order valence-corrected chi connectivity index (χ1v) is 6.20. The monoisotopic (exact) mass is 310 g/mol. The number of hydrogen-bond donors (Lipinski definition) is 1. The number of hydrogen-bond acceptors (Lipinski definition) is 3. The molecule has 0 saturated heterocycles. The Morgan fingerprint density at radius 1 is 1.39 bits per heavy atom. The second-order valence-electron chi connectivity index (χ2n) is 3.86. The van der Waals surface area contributed by atoms with E-state index in [0.29, 0.717) is 5.88 Å². The molecule has 0 aliphatic rings. The summed E-state index contributed by atoms with van der Waals surface area (Å²) in [6.45, 7) is 1.82. The lowest BCUT2D eigenvalue weighted by atomic mass is 10.1. The van der Waals surface area contributed by atoms with Crippen molar-refractivity contribution in [2.75, 3.05) is 0 Å². The van der Waals surface area contributed by atoms with Gasteiger partial charge in [0.05, 0.1) is 0 Å². The standard InChI is InChI=1S/C13H12BrFN2O/c1-8(16)10-3-2-6-17-13(10)18-12-7-9(14)4-5-11(12)15/h2-8H,16H2,1H3/t8-/m0/s1. The lowest BCUT2D eigenvalue weighted by Crippen LogP contribution is -2.07. The van der Waals surface area contributed by atoms with Crippen LogP contribution < -0.4 is 10.5 Å². The van der Waals surface area contributed by atoms with Gasteiger partial charge >= 0.3 is 0 Å². The molecule has 5 heteroatoms. The lowest BCUT2D eigenvalue weighted by molar-refractivity contribution is 0.419. The molecule has 0 spiro atoms. The van der Waals surface area contributed by atoms with E-state index in [-0.39, 0.29) is 11.8 Å². The fraction of sp³-hybridized carbons (Fsp3) is 0.154. The number of benzene rings is 1. The molecule has 0 aliphatic heterocycles. The highest BCUT2D eigenvalue weighted by Gasteiger charge is 2.12. The van der Waals surface area contributed by atoms with Crippen molar-refractivity contribution in [2.24, 2.45) is 5.73 Å². The van der Waals surface area contributed by atoms with E-state index < -0.39 is 5.82 Å². The molecule has 1 atom stereocenters. The zero-order valence-corrected chi connectivity index (χ0v) is 11.3. The third-order valence-corrected chi connectivity index (χ3v) is 2.88. The van der Waals surface area contributed by atoms with Gasteiger partial charge in [0.25, 0.3) is 0 Å². The van der Waals surface area contributed by atoms with Crippen molar-refractivity contribution in [2.45, 2.75) is 13.0 Å². The highest BCUT2D eigenvalue weighted by molar-refractivity contribution is 9.10. The lowest BCUT2D eigenvalue weighted by Gasteiger charge is -2.12. The molecule has 2 rings (SSSR count). The summed E-state index contributed by atoms with van der Waals surface area (Å²) in [5, 5.41) is 0. The summed E-state index contributed by atoms with van der Waals surface area (Å²) < 4.78 is 19.8. The number of halogens is 2. The highest BCUT2D eigenvalue weighted by atomic mass is 79.9. The summed E-state index contributed by atoms with van der Waals surface area (Å²) in [4.78, 5) is 4.08. The SMILES string of the molecule is C[C@H](N)c1cccnc1Oc1cc(Br)ccc1F. The fourth-order valence-electron chi connectivity index (χ4n) is 1.49. The summed E-state index contributed by atoms with van der Waals surface area (Å²) in [6.07, 6.45) is 1.58. The number of ether oxygens (including phenoxy) is 1. The van der Waals surface area contributed by atoms with Crippen molar-refractivity contribution >= 4 is 15.9 Å². The molecule has 0 radical (unpaired) electrons. The van der Waals surface area contributed by atoms with E-state index in [1.807, 2.05) is 13.0 Å². The van der Waals surface area contributed by atoms with Crippen molar-refractivity contribution < 1.29 is 9.13 Å². The summed E-state index contributed by atoms with van der Waals surface area (Å²) in [7, 11) is 0. The fourth-order valence-corrected chi connectivity index (χ4v) is 1.83. The van der Waals surface area contributed by atoms with E-state index in [0.717, 1.165) is 10.0 Å². The van der Waals surface area contributed by atoms with Crippen LogP contribution in [0.3, 0.4) is 0 Å². The van der Waals surface area contributed by atoms with Crippen molar-refractivity contribution in [1.29, 1.82) is 0 Å². The van der Waals surface area contributed by atoms with Gasteiger partial charge in [0.2, 0.25) is 5.88 Å². The topological polar surface area (TPSA) is 48.1 Å². The van der Waals surface area contributed by atoms with Crippen molar-refractivity contribution in [3.05, 3.63) is 52.4 Å². The number of nitrogens with zero attached hydrogens (tertiary/aromatic N) is 1. The molecule has 18 heavy (non-hydrogen) atoms. The number of nitrogens with two attached hydrogens (primary N) is 1. The zero-order chi connectivity index (χ0) is 13.1. The zero-order valence-electron chi connectivity index (χ0n) is 9.73. The molecule has 1 heterocycles. The predicted molar refractivity (Wildman–Crippen MR) is 71.0 cm³/mol. The van der Waals surface area contributed by atoms with Crippen LogP contribution in [0.1, 0.15) is 18.5 Å². The van der Waals surface area contributed by atoms with Crippen LogP contribution in [0.2, 0.25) is 0 Å². The van der Waals surface area contributed by atoms with Crippen molar-refractivity contribution in [3.8, 4) is 11.6 Å². The minimum absolute atomic E-state index is 0.116. The molecular weight excluding hydrogens is 299 g/mol. The van der Waals surface area contributed by atoms with Crippen LogP contribution in [0, 0.1) is 5.82 Å². The van der Waals surface area contributed by atoms with Gasteiger partial charge in [0, 0.05) is 22.3 Å². The molecule has 0 bridgehead atoms. The number of aromatic nitrogens is 1. The average Bonchev–Trinajstić information content (AvgIpc) is 2.34. The second kappa shape index (κ2) is 5.46. The smallest absolute Gasteiger partial charge is 0.224 e. The number of pyridine rings is 1. The maximum atomic E-state index is 13.6. The van der Waals surface area contributed by atoms with E-state index in [2.05, 4.69) is 20.9 Å². The largest absolute Gasteiger partial charge is 0.436 e. The summed E-state index contributed by atoms with van der Waals surface area (Å²) in [5.41, 5.74) is 6.55. The van der Waals surface area contributed by atoms with E-state index in [9.17, 15) is 4.39 Å². The third kappa shape index (κ3) is 2.86. The van der Waals surface area contributed by atoms with Crippen LogP contribution in [0.25, 0.3) is 0 Å². The van der Waals surface area contributed by atoms with Crippen LogP contribution in [0.5, 0.6) is 11.6 Å². The van der Waals surface area contributed by atoms with E-state index in [1.165, 1.54) is 6.07 Å². The molecule has 0 saturated carbocycles. The van der Waals surface area contributed by atoms with Crippen LogP contribution in [-0.4, -0.2) is 4.98 Å². The van der Waals surface area contributed by atoms with Gasteiger partial charge in [-0.3, -0.25) is 0 Å². The average molecular weight is 311 g/mol. The van der Waals surface area contributed by atoms with Gasteiger partial charge < -0.3 is 10.5 Å². The second-order valence-corrected chi connectivity index (χ2v) is 4.78. The molecule has 0 unspecified atom stereocenters. The van der Waals surface area contributed by atoms with Crippen LogP contribution in [0.15, 0.2) is 41.0 Å². The highest BCUT2D eigenvalue weighted by Crippen LogP contribution is 2.29. The Balaban J connectivity index is 2.37. The summed E-state index contributed by atoms with van der Waals surface area (Å²) >= 11 is 3.27. The van der Waals surface area contributed by atoms with Crippen molar-refractivity contribution in [3.63, 3.8) is 0 Å². The van der Waals surface area contributed by atoms with Crippen LogP contribution >= 0.6 is 15.9 Å². The van der Waals surface area contributed by atoms with Gasteiger partial charge in [-0.05, 0) is 31.2 Å². The van der Waals surface area contributed by atoms with Gasteiger partial charge in [-0.1, -0.05) is 22.0 Å². The van der Waals surface area contributed by atoms with Gasteiger partial charge in [0.1, 0.15) is 0 Å². The Hall–Kier alpha value is -1.46. The maximum absolute atomic E-state index is 13.6. The molecular formula is C13H12BrFN2O. The van der Waals surface area contributed by atoms with E-state index in [4.69, 9.17) is 10.5 Å². The molecule has 94 valence electrons. The maximum Gasteiger partial charge on any atom is 0.224 e. The molecule has 0 fully saturated rings. The molecule has 3 nitrogen and oxygen atoms in total. The van der Waals surface area contributed by atoms with Crippen molar-refractivity contribution in [1.82, 2.24) is 4.98 Å². The Bertz CT molecular complexity index is 560. The van der Waals surface area contributed by atoms with Crippen LogP contribution in [-0.2, 0) is 0 Å². The summed E-state index contributed by atoms with van der Waals surface area (Å²) in [5.74, 6) is -0.00560. The molecule has 0 aliphatic carbocycles. The molecule has 1 aromatic carbocycles. The first kappa shape index (κ1) is 13.0. The minimum atomic E-state index is -0.445. The first-order chi connectivity index (χ1) is 8.58. The van der Waals surface area contributed by atoms with Gasteiger partial charge in [-0.2, -0.15) is 0 Å². The van der Waals surface area contributed by atoms with E-state index >= 15 is 0 Å². The molecule has 0 amide bonds. The number of rotatable bonds is 3. The van der Waals surface area contributed by atoms with Gasteiger partial charge in [-0.15, -0.1) is 0 Å². The first-order valence-electron chi connectivity index (χ1n) is 5.41. The van der Waals surface area contributed by atoms with Gasteiger partial charge in [-0.25, -0.2) is 9.37 Å². The third-order valence-electron chi connectivity index (χ3n) is 2.39. The summed E-state index contributed by atoms with van der Waals surface area (Å²) in [6, 6.07) is 7.82. The predicted octanol–water partition coefficient (Wildman–Crippen LogP) is 3.80. The molecule has 2 N–H and O–H groups in total. The van der Waals surface area contributed by atoms with Gasteiger partial charge in [0.15, 0.2) is 11.6 Å². The van der Waals surface area contributed by atoms with E-state index in [1.54, 1.807) is 24.4 Å². The Morgan fingerprint density at radius 2 is 2.17 bits per heavy atom. The Morgan fingerprint density at radius 3 is 2.89 bits per heavy atom. The normalized spacial score (nSPS) is 12.2. The quantitative estimate of drug-likeness (QED) is 0.938. The van der Waals surface area contributed by atoms with Crippen LogP contribution in [0.4, 0.5) is 4.39 Å².